The summed E-state index contributed by atoms with van der Waals surface area (Å²) in [6, 6.07) is 0. The van der Waals surface area contributed by atoms with Gasteiger partial charge >= 0.3 is 0 Å². The lowest BCUT2D eigenvalue weighted by molar-refractivity contribution is -0.120. The summed E-state index contributed by atoms with van der Waals surface area (Å²) in [7, 11) is 0. The molecule has 0 atom stereocenters. The molecule has 118 valence electrons. The number of nitrogens with one attached hydrogen (secondary N) is 2. The lowest BCUT2D eigenvalue weighted by atomic mass is 10.1. The summed E-state index contributed by atoms with van der Waals surface area (Å²) in [5, 5.41) is 13.9. The van der Waals surface area contributed by atoms with Gasteiger partial charge in [0.05, 0.1) is 5.75 Å². The van der Waals surface area contributed by atoms with E-state index in [1.807, 2.05) is 27.7 Å². The predicted molar refractivity (Wildman–Crippen MR) is 86.7 cm³/mol. The molecule has 1 aromatic heterocycles. The van der Waals surface area contributed by atoms with Gasteiger partial charge in [-0.1, -0.05) is 36.4 Å². The standard InChI is InChI=1S/C13H22N4O2S2/c1-5-6-7-9(18)14-11-16-17-12(21-11)20-8-10(19)15-13(2,3)4/h5-8H2,1-4H3,(H,15,19)(H,14,16,18). The second-order valence-electron chi connectivity index (χ2n) is 5.61. The predicted octanol–water partition coefficient (Wildman–Crippen LogP) is 2.67. The van der Waals surface area contributed by atoms with Gasteiger partial charge in [0.15, 0.2) is 4.34 Å². The highest BCUT2D eigenvalue weighted by atomic mass is 32.2. The second kappa shape index (κ2) is 8.33. The number of hydrogen-bond acceptors (Lipinski definition) is 6. The van der Waals surface area contributed by atoms with Crippen LogP contribution in [0.25, 0.3) is 0 Å². The molecule has 8 heteroatoms. The van der Waals surface area contributed by atoms with E-state index in [0.29, 0.717) is 15.9 Å². The molecule has 0 radical (unpaired) electrons. The van der Waals surface area contributed by atoms with Gasteiger partial charge in [-0.05, 0) is 27.2 Å². The Labute approximate surface area is 133 Å². The highest BCUT2D eigenvalue weighted by Gasteiger charge is 2.15. The number of thioether (sulfide) groups is 1. The first kappa shape index (κ1) is 17.9. The first-order chi connectivity index (χ1) is 9.80. The molecule has 0 fully saturated rings. The molecule has 2 amide bonds. The van der Waals surface area contributed by atoms with Crippen molar-refractivity contribution in [3.05, 3.63) is 0 Å². The summed E-state index contributed by atoms with van der Waals surface area (Å²) < 4.78 is 0.671. The number of anilines is 1. The number of unbranched alkanes of at least 4 members (excludes halogenated alkanes) is 1. The van der Waals surface area contributed by atoms with Crippen LogP contribution in [0.1, 0.15) is 47.0 Å². The minimum atomic E-state index is -0.239. The van der Waals surface area contributed by atoms with Crippen molar-refractivity contribution in [2.45, 2.75) is 56.8 Å². The van der Waals surface area contributed by atoms with Gasteiger partial charge in [-0.2, -0.15) is 0 Å². The number of carbonyl (C=O) groups is 2. The monoisotopic (exact) mass is 330 g/mol. The smallest absolute Gasteiger partial charge is 0.230 e. The summed E-state index contributed by atoms with van der Waals surface area (Å²) in [5.41, 5.74) is -0.239. The Morgan fingerprint density at radius 3 is 2.57 bits per heavy atom. The molecular weight excluding hydrogens is 308 g/mol. The molecule has 21 heavy (non-hydrogen) atoms. The van der Waals surface area contributed by atoms with Crippen LogP contribution in [0.2, 0.25) is 0 Å². The second-order valence-corrected chi connectivity index (χ2v) is 7.81. The van der Waals surface area contributed by atoms with E-state index in [-0.39, 0.29) is 23.1 Å². The van der Waals surface area contributed by atoms with Crippen molar-refractivity contribution >= 4 is 40.0 Å². The Hall–Kier alpha value is -1.15. The largest absolute Gasteiger partial charge is 0.351 e. The summed E-state index contributed by atoms with van der Waals surface area (Å²) >= 11 is 2.60. The molecule has 0 aromatic carbocycles. The number of amides is 2. The summed E-state index contributed by atoms with van der Waals surface area (Å²) in [6.45, 7) is 7.84. The minimum absolute atomic E-state index is 0.0452. The Kier molecular flexibility index (Phi) is 7.10. The molecule has 2 N–H and O–H groups in total. The molecule has 0 spiro atoms. The van der Waals surface area contributed by atoms with Gasteiger partial charge in [0.25, 0.3) is 0 Å². The average molecular weight is 330 g/mol. The van der Waals surface area contributed by atoms with E-state index in [4.69, 9.17) is 0 Å². The van der Waals surface area contributed by atoms with Crippen molar-refractivity contribution in [1.29, 1.82) is 0 Å². The minimum Gasteiger partial charge on any atom is -0.351 e. The number of rotatable bonds is 7. The molecule has 0 aliphatic rings. The van der Waals surface area contributed by atoms with E-state index in [9.17, 15) is 9.59 Å². The van der Waals surface area contributed by atoms with Crippen LogP contribution in [0.15, 0.2) is 4.34 Å². The van der Waals surface area contributed by atoms with Crippen molar-refractivity contribution in [2.75, 3.05) is 11.1 Å². The number of carbonyl (C=O) groups excluding carboxylic acids is 2. The first-order valence-electron chi connectivity index (χ1n) is 6.87. The normalized spacial score (nSPS) is 11.2. The number of nitrogens with zero attached hydrogens (tertiary/aromatic N) is 2. The molecule has 1 aromatic rings. The van der Waals surface area contributed by atoms with Crippen LogP contribution in [0.3, 0.4) is 0 Å². The van der Waals surface area contributed by atoms with Crippen molar-refractivity contribution in [3.8, 4) is 0 Å². The van der Waals surface area contributed by atoms with Crippen LogP contribution in [0.4, 0.5) is 5.13 Å². The van der Waals surface area contributed by atoms with Gasteiger partial charge < -0.3 is 10.6 Å². The average Bonchev–Trinajstić information content (AvgIpc) is 2.79. The molecule has 0 saturated carbocycles. The molecule has 1 heterocycles. The maximum absolute atomic E-state index is 11.7. The molecule has 0 aliphatic carbocycles. The highest BCUT2D eigenvalue weighted by molar-refractivity contribution is 8.01. The molecule has 0 bridgehead atoms. The SMILES string of the molecule is CCCCC(=O)Nc1nnc(SCC(=O)NC(C)(C)C)s1. The van der Waals surface area contributed by atoms with Crippen LogP contribution in [0, 0.1) is 0 Å². The lowest BCUT2D eigenvalue weighted by Gasteiger charge is -2.19. The highest BCUT2D eigenvalue weighted by Crippen LogP contribution is 2.25. The fourth-order valence-electron chi connectivity index (χ4n) is 1.42. The lowest BCUT2D eigenvalue weighted by Crippen LogP contribution is -2.41. The first-order valence-corrected chi connectivity index (χ1v) is 8.67. The van der Waals surface area contributed by atoms with E-state index in [1.165, 1.54) is 23.1 Å². The van der Waals surface area contributed by atoms with E-state index in [0.717, 1.165) is 12.8 Å². The zero-order valence-electron chi connectivity index (χ0n) is 12.9. The van der Waals surface area contributed by atoms with Gasteiger partial charge in [0, 0.05) is 12.0 Å². The number of aromatic nitrogens is 2. The third-order valence-electron chi connectivity index (χ3n) is 2.25. The van der Waals surface area contributed by atoms with Gasteiger partial charge in [0.1, 0.15) is 0 Å². The zero-order chi connectivity index (χ0) is 15.9. The Bertz CT molecular complexity index is 483. The number of hydrogen-bond donors (Lipinski definition) is 2. The summed E-state index contributed by atoms with van der Waals surface area (Å²) in [5.74, 6) is 0.196. The van der Waals surface area contributed by atoms with Crippen molar-refractivity contribution in [2.24, 2.45) is 0 Å². The van der Waals surface area contributed by atoms with E-state index < -0.39 is 0 Å². The summed E-state index contributed by atoms with van der Waals surface area (Å²) in [6.07, 6.45) is 2.33. The third kappa shape index (κ3) is 8.01. The molecule has 0 unspecified atom stereocenters. The fourth-order valence-corrected chi connectivity index (χ4v) is 2.99. The van der Waals surface area contributed by atoms with E-state index in [1.54, 1.807) is 0 Å². The molecule has 6 nitrogen and oxygen atoms in total. The zero-order valence-corrected chi connectivity index (χ0v) is 14.5. The summed E-state index contributed by atoms with van der Waals surface area (Å²) in [4.78, 5) is 23.2. The quantitative estimate of drug-likeness (QED) is 0.593. The molecule has 1 rings (SSSR count). The van der Waals surface area contributed by atoms with E-state index in [2.05, 4.69) is 20.8 Å². The Morgan fingerprint density at radius 1 is 1.24 bits per heavy atom. The fraction of sp³-hybridized carbons (Fsp3) is 0.692. The maximum atomic E-state index is 11.7. The van der Waals surface area contributed by atoms with Crippen molar-refractivity contribution < 1.29 is 9.59 Å². The Balaban J connectivity index is 2.38. The van der Waals surface area contributed by atoms with Crippen LogP contribution >= 0.6 is 23.1 Å². The van der Waals surface area contributed by atoms with Gasteiger partial charge in [0.2, 0.25) is 16.9 Å². The van der Waals surface area contributed by atoms with Crippen LogP contribution < -0.4 is 10.6 Å². The van der Waals surface area contributed by atoms with Crippen molar-refractivity contribution in [3.63, 3.8) is 0 Å². The van der Waals surface area contributed by atoms with Gasteiger partial charge in [-0.3, -0.25) is 9.59 Å². The molecule has 0 aliphatic heterocycles. The maximum Gasteiger partial charge on any atom is 0.230 e. The Morgan fingerprint density at radius 2 is 1.95 bits per heavy atom. The van der Waals surface area contributed by atoms with Crippen LogP contribution in [-0.4, -0.2) is 33.3 Å². The van der Waals surface area contributed by atoms with Crippen LogP contribution in [0.5, 0.6) is 0 Å². The third-order valence-corrected chi connectivity index (χ3v) is 4.22. The molecule has 0 saturated heterocycles. The van der Waals surface area contributed by atoms with Gasteiger partial charge in [-0.25, -0.2) is 0 Å². The van der Waals surface area contributed by atoms with Crippen molar-refractivity contribution in [1.82, 2.24) is 15.5 Å². The molecular formula is C13H22N4O2S2. The van der Waals surface area contributed by atoms with Crippen LogP contribution in [-0.2, 0) is 9.59 Å². The topological polar surface area (TPSA) is 84.0 Å². The van der Waals surface area contributed by atoms with E-state index >= 15 is 0 Å². The van der Waals surface area contributed by atoms with Gasteiger partial charge in [-0.15, -0.1) is 10.2 Å².